The van der Waals surface area contributed by atoms with Crippen LogP contribution in [0, 0.1) is 11.3 Å². The van der Waals surface area contributed by atoms with Crippen LogP contribution in [-0.2, 0) is 16.0 Å². The van der Waals surface area contributed by atoms with Gasteiger partial charge in [0.05, 0.1) is 11.0 Å². The first-order valence-electron chi connectivity index (χ1n) is 11.5. The van der Waals surface area contributed by atoms with E-state index in [1.807, 2.05) is 23.1 Å². The van der Waals surface area contributed by atoms with Crippen LogP contribution in [0.1, 0.15) is 12.0 Å². The minimum atomic E-state index is -4.69. The molecule has 0 saturated carbocycles. The Balaban J connectivity index is 1.74. The fourth-order valence-corrected chi connectivity index (χ4v) is 5.41. The van der Waals surface area contributed by atoms with Gasteiger partial charge in [0.2, 0.25) is 5.91 Å². The summed E-state index contributed by atoms with van der Waals surface area (Å²) in [4.78, 5) is 15.1. The fourth-order valence-electron chi connectivity index (χ4n) is 5.28. The molecule has 1 aliphatic carbocycles. The Labute approximate surface area is 208 Å². The van der Waals surface area contributed by atoms with Crippen LogP contribution in [-0.4, -0.2) is 44.9 Å². The Morgan fingerprint density at radius 3 is 2.43 bits per heavy atom. The quantitative estimate of drug-likeness (QED) is 0.522. The van der Waals surface area contributed by atoms with Crippen molar-refractivity contribution in [2.45, 2.75) is 24.6 Å². The average Bonchev–Trinajstić information content (AvgIpc) is 3.35. The minimum Gasteiger partial charge on any atom is -0.371 e. The summed E-state index contributed by atoms with van der Waals surface area (Å²) < 4.78 is 49.7. The number of nitrogens with one attached hydrogen (secondary N) is 1. The zero-order valence-electron chi connectivity index (χ0n) is 19.6. The van der Waals surface area contributed by atoms with Crippen molar-refractivity contribution in [1.29, 1.82) is 0 Å². The maximum atomic E-state index is 14.6. The summed E-state index contributed by atoms with van der Waals surface area (Å²) in [6, 6.07) is 16.3. The number of anilines is 1. The molecule has 1 fully saturated rings. The van der Waals surface area contributed by atoms with Crippen LogP contribution in [0.25, 0.3) is 0 Å². The molecule has 35 heavy (non-hydrogen) atoms. The highest BCUT2D eigenvalue weighted by Gasteiger charge is 2.57. The number of methoxy groups -OCH3 is 1. The van der Waals surface area contributed by atoms with Gasteiger partial charge in [0, 0.05) is 43.9 Å². The molecule has 3 unspecified atom stereocenters. The molecule has 1 amide bonds. The van der Waals surface area contributed by atoms with Gasteiger partial charge < -0.3 is 15.0 Å². The molecule has 0 aromatic heterocycles. The van der Waals surface area contributed by atoms with E-state index >= 15 is 0 Å². The molecule has 0 bridgehead atoms. The molecule has 4 rings (SSSR count). The first-order valence-corrected chi connectivity index (χ1v) is 11.8. The summed E-state index contributed by atoms with van der Waals surface area (Å²) >= 11 is 5.99. The molecule has 8 heteroatoms. The predicted octanol–water partition coefficient (Wildman–Crippen LogP) is 5.59. The summed E-state index contributed by atoms with van der Waals surface area (Å²) in [5, 5.41) is 3.15. The van der Waals surface area contributed by atoms with E-state index in [-0.39, 0.29) is 6.42 Å². The monoisotopic (exact) mass is 504 g/mol. The molecule has 0 radical (unpaired) electrons. The third kappa shape index (κ3) is 4.84. The lowest BCUT2D eigenvalue weighted by Gasteiger charge is -2.43. The Bertz CT molecular complexity index is 1120. The van der Waals surface area contributed by atoms with E-state index in [4.69, 9.17) is 16.3 Å². The number of carbonyl (C=O) groups excluding carboxylic acids is 1. The fraction of sp³-hybridized carbons (Fsp3) is 0.370. The second kappa shape index (κ2) is 9.70. The number of halogens is 4. The molecule has 1 saturated heterocycles. The second-order valence-electron chi connectivity index (χ2n) is 9.08. The number of benzene rings is 2. The summed E-state index contributed by atoms with van der Waals surface area (Å²) in [5.74, 6) is -0.968. The molecular formula is C27H28ClF3N2O2. The third-order valence-corrected chi connectivity index (χ3v) is 7.32. The van der Waals surface area contributed by atoms with Gasteiger partial charge in [-0.05, 0) is 42.7 Å². The van der Waals surface area contributed by atoms with E-state index in [0.717, 1.165) is 17.3 Å². The summed E-state index contributed by atoms with van der Waals surface area (Å²) in [5.41, 5.74) is -2.37. The van der Waals surface area contributed by atoms with Crippen LogP contribution >= 0.6 is 11.6 Å². The average molecular weight is 505 g/mol. The van der Waals surface area contributed by atoms with E-state index < -0.39 is 34.6 Å². The van der Waals surface area contributed by atoms with Crippen molar-refractivity contribution in [2.24, 2.45) is 11.3 Å². The first kappa shape index (κ1) is 25.3. The Morgan fingerprint density at radius 2 is 1.83 bits per heavy atom. The lowest BCUT2D eigenvalue weighted by atomic mass is 9.68. The lowest BCUT2D eigenvalue weighted by Crippen LogP contribution is -2.51. The molecule has 2 aromatic carbocycles. The Hall–Kier alpha value is -2.77. The van der Waals surface area contributed by atoms with Gasteiger partial charge in [-0.3, -0.25) is 4.79 Å². The van der Waals surface area contributed by atoms with E-state index in [1.165, 1.54) is 20.2 Å². The summed E-state index contributed by atoms with van der Waals surface area (Å²) in [7, 11) is 2.74. The number of carbonyl (C=O) groups is 1. The molecule has 2 aromatic rings. The smallest absolute Gasteiger partial charge is 0.371 e. The van der Waals surface area contributed by atoms with Crippen molar-refractivity contribution in [3.05, 3.63) is 89.0 Å². The van der Waals surface area contributed by atoms with Gasteiger partial charge in [0.1, 0.15) is 5.60 Å². The van der Waals surface area contributed by atoms with Gasteiger partial charge in [0.25, 0.3) is 0 Å². The number of hydrogen-bond acceptors (Lipinski definition) is 3. The molecule has 4 nitrogen and oxygen atoms in total. The molecule has 1 heterocycles. The van der Waals surface area contributed by atoms with Gasteiger partial charge in [-0.2, -0.15) is 13.2 Å². The zero-order chi connectivity index (χ0) is 25.3. The highest BCUT2D eigenvalue weighted by atomic mass is 35.5. The molecule has 0 spiro atoms. The first-order chi connectivity index (χ1) is 16.6. The van der Waals surface area contributed by atoms with Gasteiger partial charge in [-0.1, -0.05) is 60.2 Å². The number of ether oxygens (including phenoxy) is 1. The van der Waals surface area contributed by atoms with Crippen molar-refractivity contribution in [1.82, 2.24) is 5.32 Å². The van der Waals surface area contributed by atoms with Gasteiger partial charge in [-0.25, -0.2) is 0 Å². The van der Waals surface area contributed by atoms with Crippen LogP contribution < -0.4 is 10.2 Å². The lowest BCUT2D eigenvalue weighted by molar-refractivity contribution is -0.132. The maximum absolute atomic E-state index is 14.6. The third-order valence-electron chi connectivity index (χ3n) is 7.07. The number of hydrogen-bond donors (Lipinski definition) is 1. The second-order valence-corrected chi connectivity index (χ2v) is 9.51. The highest BCUT2D eigenvalue weighted by molar-refractivity contribution is 6.30. The number of amides is 1. The normalized spacial score (nSPS) is 26.5. The molecule has 1 N–H and O–H groups in total. The standard InChI is InChI=1S/C27H28ClF3N2O2/c1-32-24(34)25(16-19-6-4-3-5-7-19)13-14-26(35-2,23(17-25)27(29,30)31)20-12-15-33(18-20)22-10-8-21(28)9-11-22/h3-11,13-14,17,20H,12,15-16,18H2,1-2H3,(H,32,34). The van der Waals surface area contributed by atoms with E-state index in [9.17, 15) is 18.0 Å². The van der Waals surface area contributed by atoms with E-state index in [0.29, 0.717) is 24.5 Å². The van der Waals surface area contributed by atoms with Crippen molar-refractivity contribution in [3.63, 3.8) is 0 Å². The highest BCUT2D eigenvalue weighted by Crippen LogP contribution is 2.50. The van der Waals surface area contributed by atoms with Gasteiger partial charge >= 0.3 is 6.18 Å². The van der Waals surface area contributed by atoms with E-state index in [2.05, 4.69) is 5.32 Å². The van der Waals surface area contributed by atoms with Crippen LogP contribution in [0.3, 0.4) is 0 Å². The molecule has 1 aliphatic heterocycles. The van der Waals surface area contributed by atoms with Crippen LogP contribution in [0.2, 0.25) is 5.02 Å². The van der Waals surface area contributed by atoms with Crippen molar-refractivity contribution >= 4 is 23.2 Å². The number of nitrogens with zero attached hydrogens (tertiary/aromatic N) is 1. The topological polar surface area (TPSA) is 41.6 Å². The van der Waals surface area contributed by atoms with Crippen molar-refractivity contribution in [3.8, 4) is 0 Å². The van der Waals surface area contributed by atoms with E-state index in [1.54, 1.807) is 42.5 Å². The Kier molecular flexibility index (Phi) is 7.02. The van der Waals surface area contributed by atoms with Crippen molar-refractivity contribution in [2.75, 3.05) is 32.1 Å². The van der Waals surface area contributed by atoms with Gasteiger partial charge in [-0.15, -0.1) is 0 Å². The van der Waals surface area contributed by atoms with Crippen LogP contribution in [0.5, 0.6) is 0 Å². The minimum absolute atomic E-state index is 0.102. The summed E-state index contributed by atoms with van der Waals surface area (Å²) in [6.07, 6.45) is 0.0368. The molecule has 2 aliphatic rings. The van der Waals surface area contributed by atoms with Crippen LogP contribution in [0.4, 0.5) is 18.9 Å². The molecule has 186 valence electrons. The number of rotatable bonds is 6. The molecule has 3 atom stereocenters. The number of alkyl halides is 3. The largest absolute Gasteiger partial charge is 0.415 e. The van der Waals surface area contributed by atoms with Crippen LogP contribution in [0.15, 0.2) is 78.4 Å². The zero-order valence-corrected chi connectivity index (χ0v) is 20.4. The van der Waals surface area contributed by atoms with Gasteiger partial charge in [0.15, 0.2) is 0 Å². The summed E-state index contributed by atoms with van der Waals surface area (Å²) in [6.45, 7) is 0.958. The molecular weight excluding hydrogens is 477 g/mol. The maximum Gasteiger partial charge on any atom is 0.415 e. The Morgan fingerprint density at radius 1 is 1.14 bits per heavy atom. The SMILES string of the molecule is CNC(=O)C1(Cc2ccccc2)C=CC(OC)(C2CCN(c3ccc(Cl)cc3)C2)C(C(F)(F)F)=C1. The predicted molar refractivity (Wildman–Crippen MR) is 131 cm³/mol. The van der Waals surface area contributed by atoms with Crippen molar-refractivity contribution < 1.29 is 22.7 Å².